The molecule has 2 N–H and O–H groups in total. The number of aliphatic hydroxyl groups is 1. The van der Waals surface area contributed by atoms with Gasteiger partial charge >= 0.3 is 14.0 Å². The van der Waals surface area contributed by atoms with E-state index in [4.69, 9.17) is 14.6 Å². The minimum absolute atomic E-state index is 0.0193. The first-order valence-corrected chi connectivity index (χ1v) is 13.8. The predicted molar refractivity (Wildman–Crippen MR) is 147 cm³/mol. The number of aliphatic carboxylic acids is 1. The number of hydrogen-bond acceptors (Lipinski definition) is 5. The summed E-state index contributed by atoms with van der Waals surface area (Å²) in [7, 11) is -2.28. The van der Waals surface area contributed by atoms with E-state index in [1.54, 1.807) is 12.1 Å². The third-order valence-electron chi connectivity index (χ3n) is 5.83. The lowest BCUT2D eigenvalue weighted by Gasteiger charge is -2.23. The van der Waals surface area contributed by atoms with E-state index >= 15 is 0 Å². The minimum Gasteiger partial charge on any atom is -0.481 e. The number of halogens is 1. The lowest BCUT2D eigenvalue weighted by Crippen LogP contribution is -2.15. The maximum Gasteiger partial charge on any atom is 0.511 e. The van der Waals surface area contributed by atoms with Crippen LogP contribution < -0.4 is 0 Å². The average molecular weight is 537 g/mol. The van der Waals surface area contributed by atoms with Gasteiger partial charge in [0, 0.05) is 11.1 Å². The number of hydrogen-bond donors (Lipinski definition) is 2. The molecular weight excluding hydrogens is 504 g/mol. The van der Waals surface area contributed by atoms with Gasteiger partial charge in [0.05, 0.1) is 23.4 Å². The minimum atomic E-state index is -2.28. The molecule has 3 aromatic rings. The number of carboxylic acid groups (broad SMARTS) is 1. The molecule has 1 unspecified atom stereocenters. The van der Waals surface area contributed by atoms with Crippen molar-refractivity contribution in [3.8, 4) is 34.2 Å². The van der Waals surface area contributed by atoms with Crippen molar-refractivity contribution in [3.63, 3.8) is 0 Å². The summed E-state index contributed by atoms with van der Waals surface area (Å²) in [6.07, 6.45) is -2.05. The van der Waals surface area contributed by atoms with Crippen molar-refractivity contribution >= 4 is 14.0 Å². The third-order valence-corrected chi connectivity index (χ3v) is 6.97. The highest BCUT2D eigenvalue weighted by Gasteiger charge is 2.26. The zero-order valence-corrected chi connectivity index (χ0v) is 22.8. The first-order valence-electron chi connectivity index (χ1n) is 12.4. The van der Waals surface area contributed by atoms with Crippen molar-refractivity contribution in [2.75, 3.05) is 12.8 Å². The van der Waals surface area contributed by atoms with Gasteiger partial charge in [-0.2, -0.15) is 0 Å². The molecule has 2 aromatic carbocycles. The molecule has 0 fully saturated rings. The molecule has 0 radical (unpaired) electrons. The maximum absolute atomic E-state index is 13.9. The average Bonchev–Trinajstić information content (AvgIpc) is 2.86. The second-order valence-electron chi connectivity index (χ2n) is 9.53. The van der Waals surface area contributed by atoms with Crippen LogP contribution in [0.25, 0.3) is 22.4 Å². The standard InChI is InChI=1S/C30H31FNO5P/c1-19(2)27-28(21-12-14-23(31)15-13-21)25(11-8-16-37-38(36)18-24(33)17-26(34)35)29(20(3)4)32-30(27)22-9-6-5-7-10-22/h5-7,9-10,12-15,19-20,24,33H,16-18H2,1-4H3/p+1/t24-/m0/s1. The highest BCUT2D eigenvalue weighted by atomic mass is 31.1. The molecule has 8 heteroatoms. The Balaban J connectivity index is 2.12. The van der Waals surface area contributed by atoms with Gasteiger partial charge in [0.2, 0.25) is 6.16 Å². The normalized spacial score (nSPS) is 12.3. The SMILES string of the molecule is CC(C)c1nc(-c2ccccc2)c(C(C)C)c(-c2ccc(F)cc2)c1C#CCO[P+](=O)C[C@@H](O)CC(=O)O. The van der Waals surface area contributed by atoms with Crippen molar-refractivity contribution in [1.29, 1.82) is 0 Å². The fourth-order valence-electron chi connectivity index (χ4n) is 4.18. The summed E-state index contributed by atoms with van der Waals surface area (Å²) in [6.45, 7) is 8.05. The smallest absolute Gasteiger partial charge is 0.481 e. The molecule has 1 aromatic heterocycles. The van der Waals surface area contributed by atoms with Gasteiger partial charge in [-0.15, -0.1) is 4.52 Å². The highest BCUT2D eigenvalue weighted by Crippen LogP contribution is 2.41. The summed E-state index contributed by atoms with van der Waals surface area (Å²) in [5.74, 6) is 4.67. The van der Waals surface area contributed by atoms with E-state index in [1.165, 1.54) is 12.1 Å². The third kappa shape index (κ3) is 7.55. The number of aromatic nitrogens is 1. The molecule has 0 aliphatic heterocycles. The van der Waals surface area contributed by atoms with Crippen LogP contribution in [0.3, 0.4) is 0 Å². The molecule has 0 bridgehead atoms. The summed E-state index contributed by atoms with van der Waals surface area (Å²) in [5.41, 5.74) is 5.96. The highest BCUT2D eigenvalue weighted by molar-refractivity contribution is 7.39. The second-order valence-corrected chi connectivity index (χ2v) is 10.8. The van der Waals surface area contributed by atoms with E-state index in [9.17, 15) is 18.9 Å². The van der Waals surface area contributed by atoms with Gasteiger partial charge < -0.3 is 10.2 Å². The van der Waals surface area contributed by atoms with Crippen molar-refractivity contribution in [3.05, 3.63) is 77.2 Å². The Morgan fingerprint density at radius 2 is 1.68 bits per heavy atom. The zero-order valence-electron chi connectivity index (χ0n) is 21.9. The van der Waals surface area contributed by atoms with E-state index in [0.29, 0.717) is 5.56 Å². The van der Waals surface area contributed by atoms with Gasteiger partial charge in [-0.25, -0.2) is 4.39 Å². The van der Waals surface area contributed by atoms with E-state index < -0.39 is 26.5 Å². The number of pyridine rings is 1. The number of carbonyl (C=O) groups is 1. The molecule has 1 heterocycles. The molecule has 0 amide bonds. The molecular formula is C30H32FNO5P+. The summed E-state index contributed by atoms with van der Waals surface area (Å²) in [6, 6.07) is 16.2. The molecule has 0 aliphatic rings. The summed E-state index contributed by atoms with van der Waals surface area (Å²) < 4.78 is 31.3. The zero-order chi connectivity index (χ0) is 27.8. The Morgan fingerprint density at radius 3 is 2.26 bits per heavy atom. The Bertz CT molecular complexity index is 1350. The van der Waals surface area contributed by atoms with Crippen LogP contribution in [-0.4, -0.2) is 40.0 Å². The molecule has 3 rings (SSSR count). The molecule has 198 valence electrons. The second kappa shape index (κ2) is 13.4. The van der Waals surface area contributed by atoms with Crippen molar-refractivity contribution < 1.29 is 28.5 Å². The van der Waals surface area contributed by atoms with E-state index in [0.717, 1.165) is 33.6 Å². The van der Waals surface area contributed by atoms with Crippen LogP contribution in [0.2, 0.25) is 0 Å². The molecule has 38 heavy (non-hydrogen) atoms. The number of nitrogens with zero attached hydrogens (tertiary/aromatic N) is 1. The summed E-state index contributed by atoms with van der Waals surface area (Å²) in [5, 5.41) is 18.4. The first-order chi connectivity index (χ1) is 18.1. The Kier molecular flexibility index (Phi) is 10.3. The Morgan fingerprint density at radius 1 is 1.03 bits per heavy atom. The Hall–Kier alpha value is -3.43. The van der Waals surface area contributed by atoms with Gasteiger partial charge in [-0.05, 0) is 39.7 Å². The first kappa shape index (κ1) is 29.1. The lowest BCUT2D eigenvalue weighted by molar-refractivity contribution is -0.138. The maximum atomic E-state index is 13.9. The molecule has 0 saturated carbocycles. The van der Waals surface area contributed by atoms with Crippen LogP contribution in [0.15, 0.2) is 54.6 Å². The fourth-order valence-corrected chi connectivity index (χ4v) is 4.96. The van der Waals surface area contributed by atoms with E-state index in [1.807, 2.05) is 44.2 Å². The van der Waals surface area contributed by atoms with Crippen LogP contribution in [0.1, 0.15) is 62.8 Å². The molecule has 6 nitrogen and oxygen atoms in total. The fraction of sp³-hybridized carbons (Fsp3) is 0.333. The van der Waals surface area contributed by atoms with Crippen LogP contribution in [-0.2, 0) is 13.9 Å². The van der Waals surface area contributed by atoms with E-state index in [-0.39, 0.29) is 30.4 Å². The topological polar surface area (TPSA) is 96.7 Å². The van der Waals surface area contributed by atoms with Gasteiger partial charge in [0.25, 0.3) is 0 Å². The summed E-state index contributed by atoms with van der Waals surface area (Å²) >= 11 is 0. The lowest BCUT2D eigenvalue weighted by atomic mass is 9.84. The Labute approximate surface area is 223 Å². The molecule has 0 saturated heterocycles. The van der Waals surface area contributed by atoms with Crippen LogP contribution in [0.4, 0.5) is 4.39 Å². The van der Waals surface area contributed by atoms with Gasteiger partial charge in [0.15, 0.2) is 6.61 Å². The summed E-state index contributed by atoms with van der Waals surface area (Å²) in [4.78, 5) is 15.8. The number of rotatable bonds is 10. The van der Waals surface area contributed by atoms with Crippen molar-refractivity contribution in [1.82, 2.24) is 4.98 Å². The number of benzene rings is 2. The molecule has 0 aliphatic carbocycles. The van der Waals surface area contributed by atoms with Gasteiger partial charge in [0.1, 0.15) is 11.9 Å². The van der Waals surface area contributed by atoms with Crippen molar-refractivity contribution in [2.24, 2.45) is 0 Å². The monoisotopic (exact) mass is 536 g/mol. The van der Waals surface area contributed by atoms with Crippen molar-refractivity contribution in [2.45, 2.75) is 52.1 Å². The number of aliphatic hydroxyl groups excluding tert-OH is 1. The van der Waals surface area contributed by atoms with Gasteiger partial charge in [-0.3, -0.25) is 9.78 Å². The quantitative estimate of drug-likeness (QED) is 0.220. The van der Waals surface area contributed by atoms with Crippen LogP contribution in [0, 0.1) is 17.7 Å². The number of carboxylic acids is 1. The van der Waals surface area contributed by atoms with E-state index in [2.05, 4.69) is 25.7 Å². The largest absolute Gasteiger partial charge is 0.511 e. The molecule has 0 spiro atoms. The van der Waals surface area contributed by atoms with Crippen LogP contribution >= 0.6 is 8.03 Å². The van der Waals surface area contributed by atoms with Gasteiger partial charge in [-0.1, -0.05) is 82.0 Å². The van der Waals surface area contributed by atoms with Crippen LogP contribution in [0.5, 0.6) is 0 Å². The predicted octanol–water partition coefficient (Wildman–Crippen LogP) is 6.75. The molecule has 2 atom stereocenters.